The van der Waals surface area contributed by atoms with Crippen LogP contribution in [-0.4, -0.2) is 62.3 Å². The van der Waals surface area contributed by atoms with Gasteiger partial charge in [0.05, 0.1) is 22.6 Å². The molecule has 2 N–H and O–H groups in total. The maximum atomic E-state index is 13.2. The van der Waals surface area contributed by atoms with Gasteiger partial charge in [0.1, 0.15) is 5.82 Å². The minimum atomic E-state index is -5.26. The number of hydrogen-bond donors (Lipinski definition) is 2. The first kappa shape index (κ1) is 23.8. The first-order chi connectivity index (χ1) is 17.2. The zero-order valence-corrected chi connectivity index (χ0v) is 19.2. The van der Waals surface area contributed by atoms with E-state index < -0.39 is 24.3 Å². The third-order valence-corrected chi connectivity index (χ3v) is 6.29. The molecule has 0 spiro atoms. The smallest absolute Gasteiger partial charge is 0.423 e. The summed E-state index contributed by atoms with van der Waals surface area (Å²) in [5, 5.41) is 7.49. The van der Waals surface area contributed by atoms with Crippen molar-refractivity contribution in [2.24, 2.45) is 0 Å². The Bertz CT molecular complexity index is 1350. The molecule has 12 heteroatoms. The van der Waals surface area contributed by atoms with Crippen LogP contribution in [0.1, 0.15) is 30.9 Å². The van der Waals surface area contributed by atoms with E-state index >= 15 is 0 Å². The lowest BCUT2D eigenvalue weighted by Crippen LogP contribution is -2.48. The summed E-state index contributed by atoms with van der Waals surface area (Å²) in [5.74, 6) is -2.62. The Hall–Kier alpha value is -3.93. The maximum Gasteiger partial charge on any atom is 0.491 e. The van der Waals surface area contributed by atoms with Crippen LogP contribution in [0.2, 0.25) is 0 Å². The summed E-state index contributed by atoms with van der Waals surface area (Å²) in [6.45, 7) is 0.616. The number of nitrogens with one attached hydrogen (secondary N) is 2. The van der Waals surface area contributed by atoms with Crippen LogP contribution in [0.3, 0.4) is 0 Å². The van der Waals surface area contributed by atoms with Gasteiger partial charge in [-0.25, -0.2) is 14.5 Å². The molecule has 5 rings (SSSR count). The number of ether oxygens (including phenoxy) is 1. The van der Waals surface area contributed by atoms with Gasteiger partial charge in [0, 0.05) is 24.2 Å². The Morgan fingerprint density at radius 2 is 1.86 bits per heavy atom. The van der Waals surface area contributed by atoms with Crippen molar-refractivity contribution in [3.63, 3.8) is 0 Å². The number of likely N-dealkylation sites (tertiary alicyclic amines) is 1. The summed E-state index contributed by atoms with van der Waals surface area (Å²) in [7, 11) is 1.94. The Balaban J connectivity index is 1.37. The Morgan fingerprint density at radius 1 is 1.14 bits per heavy atom. The van der Waals surface area contributed by atoms with Crippen LogP contribution in [0.25, 0.3) is 21.9 Å². The number of aromatic nitrogens is 4. The van der Waals surface area contributed by atoms with Crippen molar-refractivity contribution in [3.05, 3.63) is 60.6 Å². The standard InChI is InChI=1S/C24H23F3N6O3/c1-32-11-10-15(12-19(32)20-29-17-8-4-5-9-18(17)30-20)28-21(34)22(36-23(35)24(25,26)27)33-13-14-6-2-3-7-16(14)31-33/h2-9,13,15,19,22H,10-12H2,1H3,(H,28,34)(H,29,30)/t15-,19-,22?/m1/s1. The van der Waals surface area contributed by atoms with Gasteiger partial charge in [-0.2, -0.15) is 18.3 Å². The molecule has 0 radical (unpaired) electrons. The van der Waals surface area contributed by atoms with E-state index in [-0.39, 0.29) is 12.1 Å². The molecule has 1 fully saturated rings. The maximum absolute atomic E-state index is 13.2. The molecule has 0 aliphatic carbocycles. The first-order valence-corrected chi connectivity index (χ1v) is 11.4. The molecule has 0 saturated carbocycles. The molecular weight excluding hydrogens is 477 g/mol. The predicted molar refractivity (Wildman–Crippen MR) is 124 cm³/mol. The molecule has 4 aromatic rings. The summed E-state index contributed by atoms with van der Waals surface area (Å²) in [6.07, 6.45) is -4.79. The number of carbonyl (C=O) groups is 2. The molecule has 0 bridgehead atoms. The molecular formula is C24H23F3N6O3. The molecule has 3 atom stereocenters. The van der Waals surface area contributed by atoms with E-state index in [4.69, 9.17) is 0 Å². The van der Waals surface area contributed by atoms with Crippen molar-refractivity contribution in [2.45, 2.75) is 37.3 Å². The van der Waals surface area contributed by atoms with Crippen molar-refractivity contribution in [3.8, 4) is 0 Å². The fraction of sp³-hybridized carbons (Fsp3) is 0.333. The summed E-state index contributed by atoms with van der Waals surface area (Å²) >= 11 is 0. The average Bonchev–Trinajstić information content (AvgIpc) is 3.47. The van der Waals surface area contributed by atoms with E-state index in [2.05, 4.69) is 30.0 Å². The highest BCUT2D eigenvalue weighted by atomic mass is 19.4. The van der Waals surface area contributed by atoms with Crippen LogP contribution in [-0.2, 0) is 14.3 Å². The van der Waals surface area contributed by atoms with Gasteiger partial charge in [0.25, 0.3) is 12.1 Å². The average molecular weight is 500 g/mol. The van der Waals surface area contributed by atoms with Crippen molar-refractivity contribution in [1.29, 1.82) is 0 Å². The predicted octanol–water partition coefficient (Wildman–Crippen LogP) is 3.47. The van der Waals surface area contributed by atoms with Crippen LogP contribution in [0.4, 0.5) is 13.2 Å². The number of rotatable bonds is 5. The first-order valence-electron chi connectivity index (χ1n) is 11.4. The lowest BCUT2D eigenvalue weighted by Gasteiger charge is -2.36. The summed E-state index contributed by atoms with van der Waals surface area (Å²) in [4.78, 5) is 34.9. The Morgan fingerprint density at radius 3 is 2.58 bits per heavy atom. The quantitative estimate of drug-likeness (QED) is 0.407. The third kappa shape index (κ3) is 4.76. The number of carbonyl (C=O) groups excluding carboxylic acids is 2. The highest BCUT2D eigenvalue weighted by molar-refractivity contribution is 5.85. The number of nitrogens with zero attached hydrogens (tertiary/aromatic N) is 4. The lowest BCUT2D eigenvalue weighted by atomic mass is 9.97. The van der Waals surface area contributed by atoms with Crippen LogP contribution in [0, 0.1) is 0 Å². The minimum Gasteiger partial charge on any atom is -0.423 e. The lowest BCUT2D eigenvalue weighted by molar-refractivity contribution is -0.210. The van der Waals surface area contributed by atoms with E-state index in [0.29, 0.717) is 30.3 Å². The number of fused-ring (bicyclic) bond motifs is 2. The second kappa shape index (κ2) is 9.26. The van der Waals surface area contributed by atoms with Gasteiger partial charge in [0.2, 0.25) is 0 Å². The highest BCUT2D eigenvalue weighted by Gasteiger charge is 2.44. The van der Waals surface area contributed by atoms with Crippen LogP contribution < -0.4 is 5.32 Å². The molecule has 1 amide bonds. The Kier molecular flexibility index (Phi) is 6.12. The number of H-pyrrole nitrogens is 1. The molecule has 2 aromatic carbocycles. The molecule has 3 heterocycles. The highest BCUT2D eigenvalue weighted by Crippen LogP contribution is 2.30. The van der Waals surface area contributed by atoms with Gasteiger partial charge < -0.3 is 15.0 Å². The van der Waals surface area contributed by atoms with Gasteiger partial charge in [0.15, 0.2) is 0 Å². The number of para-hydroxylation sites is 2. The fourth-order valence-electron chi connectivity index (χ4n) is 4.44. The van der Waals surface area contributed by atoms with E-state index in [1.807, 2.05) is 31.3 Å². The van der Waals surface area contributed by atoms with Gasteiger partial charge in [-0.3, -0.25) is 9.69 Å². The summed E-state index contributed by atoms with van der Waals surface area (Å²) in [6, 6.07) is 13.8. The van der Waals surface area contributed by atoms with E-state index in [9.17, 15) is 22.8 Å². The number of imidazole rings is 1. The van der Waals surface area contributed by atoms with Crippen LogP contribution >= 0.6 is 0 Å². The van der Waals surface area contributed by atoms with Crippen molar-refractivity contribution < 1.29 is 27.5 Å². The zero-order chi connectivity index (χ0) is 25.4. The molecule has 188 valence electrons. The largest absolute Gasteiger partial charge is 0.491 e. The molecule has 1 aliphatic heterocycles. The molecule has 9 nitrogen and oxygen atoms in total. The number of alkyl halides is 3. The van der Waals surface area contributed by atoms with Gasteiger partial charge >= 0.3 is 12.1 Å². The molecule has 1 aliphatic rings. The Labute approximate surface area is 203 Å². The molecule has 1 saturated heterocycles. The number of aromatic amines is 1. The van der Waals surface area contributed by atoms with Gasteiger partial charge in [-0.15, -0.1) is 0 Å². The minimum absolute atomic E-state index is 0.153. The fourth-order valence-corrected chi connectivity index (χ4v) is 4.44. The molecule has 1 unspecified atom stereocenters. The number of halogens is 3. The molecule has 2 aromatic heterocycles. The second-order valence-corrected chi connectivity index (χ2v) is 8.79. The van der Waals surface area contributed by atoms with Crippen molar-refractivity contribution in [1.82, 2.24) is 30.0 Å². The van der Waals surface area contributed by atoms with Crippen LogP contribution in [0.5, 0.6) is 0 Å². The summed E-state index contributed by atoms with van der Waals surface area (Å²) < 4.78 is 44.5. The van der Waals surface area contributed by atoms with E-state index in [1.165, 1.54) is 6.20 Å². The number of amides is 1. The van der Waals surface area contributed by atoms with E-state index in [1.54, 1.807) is 24.3 Å². The van der Waals surface area contributed by atoms with Crippen molar-refractivity contribution in [2.75, 3.05) is 13.6 Å². The number of hydrogen-bond acceptors (Lipinski definition) is 6. The number of benzene rings is 2. The SMILES string of the molecule is CN1CC[C@@H](NC(=O)C(OC(=O)C(F)(F)F)n2cc3ccccc3n2)C[C@@H]1c1nc2ccccc2[nH]1. The van der Waals surface area contributed by atoms with Crippen molar-refractivity contribution >= 4 is 33.8 Å². The molecule has 36 heavy (non-hydrogen) atoms. The zero-order valence-electron chi connectivity index (χ0n) is 19.2. The van der Waals surface area contributed by atoms with E-state index in [0.717, 1.165) is 21.5 Å². The van der Waals surface area contributed by atoms with Crippen LogP contribution in [0.15, 0.2) is 54.7 Å². The topological polar surface area (TPSA) is 105 Å². The van der Waals surface area contributed by atoms with Gasteiger partial charge in [-0.05, 0) is 38.1 Å². The summed E-state index contributed by atoms with van der Waals surface area (Å²) in [5.41, 5.74) is 2.15. The second-order valence-electron chi connectivity index (χ2n) is 8.79. The number of piperidine rings is 1. The third-order valence-electron chi connectivity index (χ3n) is 6.29. The normalized spacial score (nSPS) is 19.9. The monoisotopic (exact) mass is 500 g/mol. The van der Waals surface area contributed by atoms with Gasteiger partial charge in [-0.1, -0.05) is 30.3 Å². The number of esters is 1.